The average molecular weight is 194 g/mol. The zero-order valence-corrected chi connectivity index (χ0v) is 7.87. The van der Waals surface area contributed by atoms with Crippen LogP contribution in [-0.2, 0) is 0 Å². The molecule has 74 valence electrons. The van der Waals surface area contributed by atoms with E-state index in [1.54, 1.807) is 0 Å². The smallest absolute Gasteiger partial charge is 0.330 e. The highest BCUT2D eigenvalue weighted by molar-refractivity contribution is 5.68. The lowest BCUT2D eigenvalue weighted by Crippen LogP contribution is -2.31. The van der Waals surface area contributed by atoms with E-state index in [-0.39, 0.29) is 11.6 Å². The number of H-pyrrole nitrogens is 2. The minimum atomic E-state index is -0.455. The molecule has 2 rings (SSSR count). The van der Waals surface area contributed by atoms with Crippen LogP contribution in [0.5, 0.6) is 0 Å². The highest BCUT2D eigenvalue weighted by Crippen LogP contribution is 2.06. The molecular formula is C8H10N4O2. The molecule has 2 aromatic rings. The Morgan fingerprint density at radius 1 is 1.43 bits per heavy atom. The summed E-state index contributed by atoms with van der Waals surface area (Å²) in [6, 6.07) is -0.0256. The van der Waals surface area contributed by atoms with Crippen LogP contribution in [0.1, 0.15) is 19.9 Å². The summed E-state index contributed by atoms with van der Waals surface area (Å²) in [4.78, 5) is 31.6. The van der Waals surface area contributed by atoms with Gasteiger partial charge in [0.15, 0.2) is 5.52 Å². The number of imidazole rings is 1. The molecule has 0 saturated carbocycles. The third kappa shape index (κ3) is 1.07. The monoisotopic (exact) mass is 194 g/mol. The van der Waals surface area contributed by atoms with Crippen LogP contribution in [0.25, 0.3) is 11.2 Å². The first-order valence-corrected chi connectivity index (χ1v) is 4.29. The zero-order valence-electron chi connectivity index (χ0n) is 7.87. The van der Waals surface area contributed by atoms with Crippen molar-refractivity contribution < 1.29 is 0 Å². The third-order valence-electron chi connectivity index (χ3n) is 2.03. The minimum Gasteiger partial charge on any atom is -0.330 e. The summed E-state index contributed by atoms with van der Waals surface area (Å²) in [6.45, 7) is 3.72. The van der Waals surface area contributed by atoms with Gasteiger partial charge in [0.2, 0.25) is 0 Å². The number of nitrogens with one attached hydrogen (secondary N) is 2. The summed E-state index contributed by atoms with van der Waals surface area (Å²) in [5, 5.41) is 0. The van der Waals surface area contributed by atoms with E-state index in [1.807, 2.05) is 13.8 Å². The van der Waals surface area contributed by atoms with E-state index in [0.29, 0.717) is 5.65 Å². The number of aromatic nitrogens is 4. The summed E-state index contributed by atoms with van der Waals surface area (Å²) < 4.78 is 1.46. The Balaban J connectivity index is 3.01. The molecule has 14 heavy (non-hydrogen) atoms. The first-order valence-electron chi connectivity index (χ1n) is 4.29. The van der Waals surface area contributed by atoms with Gasteiger partial charge in [0, 0.05) is 6.04 Å². The van der Waals surface area contributed by atoms with Crippen LogP contribution in [0.2, 0.25) is 0 Å². The summed E-state index contributed by atoms with van der Waals surface area (Å²) in [7, 11) is 0. The van der Waals surface area contributed by atoms with Gasteiger partial charge in [0.05, 0.1) is 6.33 Å². The largest absolute Gasteiger partial charge is 0.330 e. The lowest BCUT2D eigenvalue weighted by atomic mass is 10.4. The van der Waals surface area contributed by atoms with E-state index in [1.165, 1.54) is 10.9 Å². The van der Waals surface area contributed by atoms with Crippen molar-refractivity contribution in [3.05, 3.63) is 27.2 Å². The SMILES string of the molecule is CC(C)n1c(=O)[nH]c(=O)c2nc[nH]c21. The second-order valence-electron chi connectivity index (χ2n) is 3.32. The predicted octanol–water partition coefficient (Wildman–Crippen LogP) is -0.00620. The van der Waals surface area contributed by atoms with Crippen molar-refractivity contribution in [1.82, 2.24) is 19.5 Å². The van der Waals surface area contributed by atoms with Gasteiger partial charge in [-0.25, -0.2) is 9.78 Å². The van der Waals surface area contributed by atoms with Crippen molar-refractivity contribution in [2.45, 2.75) is 19.9 Å². The number of nitrogens with zero attached hydrogens (tertiary/aromatic N) is 2. The Hall–Kier alpha value is -1.85. The highest BCUT2D eigenvalue weighted by atomic mass is 16.2. The van der Waals surface area contributed by atoms with Gasteiger partial charge >= 0.3 is 5.69 Å². The van der Waals surface area contributed by atoms with E-state index in [4.69, 9.17) is 0 Å². The molecule has 6 nitrogen and oxygen atoms in total. The molecule has 0 aliphatic carbocycles. The molecule has 0 unspecified atom stereocenters. The molecule has 0 amide bonds. The average Bonchev–Trinajstić information content (AvgIpc) is 2.51. The van der Waals surface area contributed by atoms with E-state index in [2.05, 4.69) is 15.0 Å². The second kappa shape index (κ2) is 2.83. The van der Waals surface area contributed by atoms with Crippen LogP contribution in [0.4, 0.5) is 0 Å². The number of fused-ring (bicyclic) bond motifs is 1. The van der Waals surface area contributed by atoms with Gasteiger partial charge in [-0.2, -0.15) is 0 Å². The quantitative estimate of drug-likeness (QED) is 0.669. The molecule has 0 radical (unpaired) electrons. The second-order valence-corrected chi connectivity index (χ2v) is 3.32. The molecule has 0 aromatic carbocycles. The first kappa shape index (κ1) is 8.74. The summed E-state index contributed by atoms with van der Waals surface area (Å²) >= 11 is 0. The van der Waals surface area contributed by atoms with E-state index in [9.17, 15) is 9.59 Å². The van der Waals surface area contributed by atoms with Gasteiger partial charge in [-0.05, 0) is 13.8 Å². The number of aromatic amines is 2. The summed E-state index contributed by atoms with van der Waals surface area (Å²) in [6.07, 6.45) is 1.40. The Morgan fingerprint density at radius 2 is 2.14 bits per heavy atom. The van der Waals surface area contributed by atoms with Crippen molar-refractivity contribution in [2.75, 3.05) is 0 Å². The Morgan fingerprint density at radius 3 is 2.79 bits per heavy atom. The maximum atomic E-state index is 11.5. The topological polar surface area (TPSA) is 83.5 Å². The molecule has 6 heteroatoms. The fourth-order valence-corrected chi connectivity index (χ4v) is 1.45. The van der Waals surface area contributed by atoms with Crippen molar-refractivity contribution in [2.24, 2.45) is 0 Å². The Labute approximate surface area is 78.6 Å². The molecule has 0 atom stereocenters. The van der Waals surface area contributed by atoms with Gasteiger partial charge < -0.3 is 4.98 Å². The Kier molecular flexibility index (Phi) is 1.77. The number of hydrogen-bond donors (Lipinski definition) is 2. The lowest BCUT2D eigenvalue weighted by Gasteiger charge is -2.08. The molecule has 2 aromatic heterocycles. The van der Waals surface area contributed by atoms with Crippen LogP contribution in [-0.4, -0.2) is 19.5 Å². The van der Waals surface area contributed by atoms with Crippen LogP contribution in [0.3, 0.4) is 0 Å². The molecule has 0 aliphatic rings. The maximum Gasteiger partial charge on any atom is 0.330 e. The molecule has 0 fully saturated rings. The normalized spacial score (nSPS) is 11.4. The lowest BCUT2D eigenvalue weighted by molar-refractivity contribution is 0.580. The van der Waals surface area contributed by atoms with Gasteiger partial charge in [-0.3, -0.25) is 14.3 Å². The third-order valence-corrected chi connectivity index (χ3v) is 2.03. The fraction of sp³-hybridized carbons (Fsp3) is 0.375. The van der Waals surface area contributed by atoms with E-state index < -0.39 is 11.2 Å². The van der Waals surface area contributed by atoms with Crippen LogP contribution >= 0.6 is 0 Å². The van der Waals surface area contributed by atoms with E-state index in [0.717, 1.165) is 0 Å². The van der Waals surface area contributed by atoms with Gasteiger partial charge in [-0.15, -0.1) is 0 Å². The Bertz CT molecular complexity index is 575. The van der Waals surface area contributed by atoms with Crippen molar-refractivity contribution in [3.63, 3.8) is 0 Å². The summed E-state index contributed by atoms with van der Waals surface area (Å²) in [5.41, 5.74) is -0.142. The molecular weight excluding hydrogens is 184 g/mol. The maximum absolute atomic E-state index is 11.5. The standard InChI is InChI=1S/C8H10N4O2/c1-4(2)12-6-5(9-3-10-6)7(13)11-8(12)14/h3-4H,1-2H3,(H,9,10)(H,11,13,14). The summed E-state index contributed by atoms with van der Waals surface area (Å²) in [5.74, 6) is 0. The zero-order chi connectivity index (χ0) is 10.3. The molecule has 2 N–H and O–H groups in total. The van der Waals surface area contributed by atoms with Gasteiger partial charge in [0.25, 0.3) is 5.56 Å². The van der Waals surface area contributed by atoms with E-state index >= 15 is 0 Å². The molecule has 0 aliphatic heterocycles. The molecule has 0 spiro atoms. The van der Waals surface area contributed by atoms with Crippen molar-refractivity contribution in [1.29, 1.82) is 0 Å². The van der Waals surface area contributed by atoms with Crippen molar-refractivity contribution >= 4 is 11.2 Å². The first-order chi connectivity index (χ1) is 6.61. The van der Waals surface area contributed by atoms with Crippen LogP contribution in [0, 0.1) is 0 Å². The predicted molar refractivity (Wildman–Crippen MR) is 51.4 cm³/mol. The van der Waals surface area contributed by atoms with Crippen molar-refractivity contribution in [3.8, 4) is 0 Å². The van der Waals surface area contributed by atoms with Gasteiger partial charge in [0.1, 0.15) is 5.65 Å². The molecule has 0 bridgehead atoms. The minimum absolute atomic E-state index is 0.0256. The fourth-order valence-electron chi connectivity index (χ4n) is 1.45. The van der Waals surface area contributed by atoms with Gasteiger partial charge in [-0.1, -0.05) is 0 Å². The molecule has 0 saturated heterocycles. The highest BCUT2D eigenvalue weighted by Gasteiger charge is 2.11. The number of rotatable bonds is 1. The molecule has 2 heterocycles. The number of hydrogen-bond acceptors (Lipinski definition) is 3. The van der Waals surface area contributed by atoms with Crippen LogP contribution < -0.4 is 11.2 Å². The van der Waals surface area contributed by atoms with Crippen LogP contribution in [0.15, 0.2) is 15.9 Å².